The van der Waals surface area contributed by atoms with Gasteiger partial charge in [-0.1, -0.05) is 275 Å². The predicted molar refractivity (Wildman–Crippen MR) is 343 cm³/mol. The van der Waals surface area contributed by atoms with E-state index in [-0.39, 0.29) is 31.1 Å². The molecule has 0 aromatic rings. The molecule has 0 aliphatic heterocycles. The maximum atomic E-state index is 12.9. The third-order valence-electron chi connectivity index (χ3n) is 13.0. The highest BCUT2D eigenvalue weighted by molar-refractivity contribution is 5.71. The molecule has 0 aliphatic carbocycles. The average molecular weight is 1090 g/mol. The summed E-state index contributed by atoms with van der Waals surface area (Å²) in [5.41, 5.74) is 0. The Labute approximate surface area is 486 Å². The molecule has 6 nitrogen and oxygen atoms in total. The Morgan fingerprint density at radius 1 is 0.266 bits per heavy atom. The Bertz CT molecular complexity index is 1780. The van der Waals surface area contributed by atoms with Gasteiger partial charge in [0.1, 0.15) is 13.2 Å². The van der Waals surface area contributed by atoms with Gasteiger partial charge in [0, 0.05) is 19.3 Å². The third-order valence-corrected chi connectivity index (χ3v) is 13.0. The summed E-state index contributed by atoms with van der Waals surface area (Å²) in [7, 11) is 0. The van der Waals surface area contributed by atoms with Crippen molar-refractivity contribution in [3.63, 3.8) is 0 Å². The number of allylic oxidation sites excluding steroid dienone is 26. The van der Waals surface area contributed by atoms with Crippen molar-refractivity contribution >= 4 is 17.9 Å². The second-order valence-corrected chi connectivity index (χ2v) is 20.6. The molecule has 1 unspecified atom stereocenters. The Kier molecular flexibility index (Phi) is 61.4. The molecular weight excluding hydrogens is 973 g/mol. The summed E-state index contributed by atoms with van der Waals surface area (Å²) >= 11 is 0. The van der Waals surface area contributed by atoms with E-state index in [0.29, 0.717) is 19.3 Å². The van der Waals surface area contributed by atoms with Crippen molar-refractivity contribution < 1.29 is 28.6 Å². The number of rotatable bonds is 56. The van der Waals surface area contributed by atoms with Gasteiger partial charge in [0.15, 0.2) is 6.10 Å². The van der Waals surface area contributed by atoms with Crippen LogP contribution in [0.5, 0.6) is 0 Å². The van der Waals surface area contributed by atoms with Gasteiger partial charge in [0.05, 0.1) is 0 Å². The molecule has 0 heterocycles. The van der Waals surface area contributed by atoms with E-state index >= 15 is 0 Å². The van der Waals surface area contributed by atoms with Crippen LogP contribution in [0.1, 0.15) is 265 Å². The first-order chi connectivity index (χ1) is 39.0. The van der Waals surface area contributed by atoms with Crippen molar-refractivity contribution in [2.45, 2.75) is 271 Å². The molecule has 0 saturated heterocycles. The first-order valence-electron chi connectivity index (χ1n) is 32.0. The van der Waals surface area contributed by atoms with Crippen molar-refractivity contribution in [2.75, 3.05) is 13.2 Å². The monoisotopic (exact) mass is 1090 g/mol. The van der Waals surface area contributed by atoms with Gasteiger partial charge in [0.25, 0.3) is 0 Å². The molecule has 0 rings (SSSR count). The molecule has 0 amide bonds. The van der Waals surface area contributed by atoms with Gasteiger partial charge in [-0.15, -0.1) is 0 Å². The molecule has 79 heavy (non-hydrogen) atoms. The zero-order chi connectivity index (χ0) is 57.1. The van der Waals surface area contributed by atoms with Crippen LogP contribution < -0.4 is 0 Å². The SMILES string of the molecule is CC/C=C\C/C=C\C/C=C\C/C=C\C/C=C\C/C=C\C/C=C\C/C=C\CCCCCCCCC(=O)OCC(COC(=O)CCCCCCCCCCC)OC(=O)CCCCCCC/C=C\C/C=C\C/C=C\C/C=C\C/C=C\CC. The fourth-order valence-electron chi connectivity index (χ4n) is 8.31. The van der Waals surface area contributed by atoms with Crippen molar-refractivity contribution in [3.05, 3.63) is 158 Å². The summed E-state index contributed by atoms with van der Waals surface area (Å²) < 4.78 is 16.8. The standard InChI is InChI=1S/C73H116O6/c1-4-7-10-13-16-19-21-23-25-27-29-31-32-33-34-35-36-37-38-39-40-42-43-45-47-49-51-54-57-60-63-66-72(75)78-69-70(68-77-71(74)65-62-59-56-53-18-15-12-9-6-3)79-73(76)67-64-61-58-55-52-50-48-46-44-41-30-28-26-24-22-20-17-14-11-8-5-2/h7-8,10-11,16-17,19-20,23-26,29-31,33-34,36-37,39-41,43,45-46,48,70H,4-6,9,12-15,18,21-22,27-28,32,35,38,42,44,47,49-69H2,1-3H3/b10-7-,11-8-,19-16-,20-17-,25-23-,26-24-,31-29-,34-33-,37-36-,40-39-,41-30-,45-43-,48-46-. The van der Waals surface area contributed by atoms with Gasteiger partial charge in [0.2, 0.25) is 0 Å². The molecule has 1 atom stereocenters. The summed E-state index contributed by atoms with van der Waals surface area (Å²) in [6.45, 7) is 6.36. The Morgan fingerprint density at radius 3 is 0.772 bits per heavy atom. The molecule has 0 aliphatic rings. The van der Waals surface area contributed by atoms with E-state index in [1.165, 1.54) is 51.4 Å². The summed E-state index contributed by atoms with van der Waals surface area (Å²) in [6, 6.07) is 0. The van der Waals surface area contributed by atoms with Gasteiger partial charge >= 0.3 is 17.9 Å². The summed E-state index contributed by atoms with van der Waals surface area (Å²) in [6.07, 6.45) is 95.4. The first kappa shape index (κ1) is 74.0. The maximum Gasteiger partial charge on any atom is 0.306 e. The normalized spacial score (nSPS) is 13.2. The van der Waals surface area contributed by atoms with Crippen LogP contribution in [0, 0.1) is 0 Å². The van der Waals surface area contributed by atoms with E-state index in [9.17, 15) is 14.4 Å². The van der Waals surface area contributed by atoms with E-state index in [4.69, 9.17) is 14.2 Å². The molecule has 0 fully saturated rings. The lowest BCUT2D eigenvalue weighted by Gasteiger charge is -2.18. The number of unbranched alkanes of at least 4 members (excludes halogenated alkanes) is 19. The van der Waals surface area contributed by atoms with Crippen LogP contribution in [0.4, 0.5) is 0 Å². The summed E-state index contributed by atoms with van der Waals surface area (Å²) in [5, 5.41) is 0. The minimum Gasteiger partial charge on any atom is -0.462 e. The summed E-state index contributed by atoms with van der Waals surface area (Å²) in [4.78, 5) is 38.2. The second-order valence-electron chi connectivity index (χ2n) is 20.6. The summed E-state index contributed by atoms with van der Waals surface area (Å²) in [5.74, 6) is -0.936. The van der Waals surface area contributed by atoms with Crippen LogP contribution in [0.3, 0.4) is 0 Å². The molecule has 0 N–H and O–H groups in total. The third kappa shape index (κ3) is 63.7. The van der Waals surface area contributed by atoms with Crippen LogP contribution in [0.25, 0.3) is 0 Å². The van der Waals surface area contributed by atoms with Crippen LogP contribution >= 0.6 is 0 Å². The van der Waals surface area contributed by atoms with Gasteiger partial charge in [-0.25, -0.2) is 0 Å². The topological polar surface area (TPSA) is 78.9 Å². The molecule has 0 aromatic heterocycles. The smallest absolute Gasteiger partial charge is 0.306 e. The lowest BCUT2D eigenvalue weighted by atomic mass is 10.1. The predicted octanol–water partition coefficient (Wildman–Crippen LogP) is 22.1. The Balaban J connectivity index is 4.32. The second kappa shape index (κ2) is 65.5. The first-order valence-corrected chi connectivity index (χ1v) is 32.0. The fourth-order valence-corrected chi connectivity index (χ4v) is 8.31. The van der Waals surface area contributed by atoms with Crippen molar-refractivity contribution in [1.82, 2.24) is 0 Å². The van der Waals surface area contributed by atoms with E-state index in [1.807, 2.05) is 0 Å². The molecule has 0 bridgehead atoms. The quantitative estimate of drug-likeness (QED) is 0.0261. The van der Waals surface area contributed by atoms with Gasteiger partial charge < -0.3 is 14.2 Å². The minimum absolute atomic E-state index is 0.0952. The van der Waals surface area contributed by atoms with E-state index < -0.39 is 6.10 Å². The average Bonchev–Trinajstić information content (AvgIpc) is 3.45. The highest BCUT2D eigenvalue weighted by Gasteiger charge is 2.19. The Hall–Kier alpha value is -4.97. The number of carbonyl (C=O) groups is 3. The molecule has 0 saturated carbocycles. The maximum absolute atomic E-state index is 12.9. The van der Waals surface area contributed by atoms with Crippen molar-refractivity contribution in [2.24, 2.45) is 0 Å². The zero-order valence-corrected chi connectivity index (χ0v) is 50.8. The lowest BCUT2D eigenvalue weighted by Crippen LogP contribution is -2.30. The number of hydrogen-bond donors (Lipinski definition) is 0. The van der Waals surface area contributed by atoms with E-state index in [1.54, 1.807) is 0 Å². The highest BCUT2D eigenvalue weighted by Crippen LogP contribution is 2.14. The number of carbonyl (C=O) groups excluding carboxylic acids is 3. The molecule has 444 valence electrons. The van der Waals surface area contributed by atoms with Crippen molar-refractivity contribution in [3.8, 4) is 0 Å². The molecular formula is C73H116O6. The largest absolute Gasteiger partial charge is 0.462 e. The van der Waals surface area contributed by atoms with Gasteiger partial charge in [-0.3, -0.25) is 14.4 Å². The molecule has 0 radical (unpaired) electrons. The van der Waals surface area contributed by atoms with Crippen LogP contribution in [-0.2, 0) is 28.6 Å². The minimum atomic E-state index is -0.801. The van der Waals surface area contributed by atoms with Crippen LogP contribution in [0.15, 0.2) is 158 Å². The zero-order valence-electron chi connectivity index (χ0n) is 50.8. The van der Waals surface area contributed by atoms with Gasteiger partial charge in [-0.2, -0.15) is 0 Å². The molecule has 6 heteroatoms. The van der Waals surface area contributed by atoms with Crippen LogP contribution in [0.2, 0.25) is 0 Å². The van der Waals surface area contributed by atoms with Crippen LogP contribution in [-0.4, -0.2) is 37.2 Å². The fraction of sp³-hybridized carbons (Fsp3) is 0.603. The highest BCUT2D eigenvalue weighted by atomic mass is 16.6. The number of hydrogen-bond acceptors (Lipinski definition) is 6. The molecule has 0 spiro atoms. The van der Waals surface area contributed by atoms with Gasteiger partial charge in [-0.05, 0) is 128 Å². The lowest BCUT2D eigenvalue weighted by molar-refractivity contribution is -0.167. The molecule has 0 aromatic carbocycles. The van der Waals surface area contributed by atoms with E-state index in [2.05, 4.69) is 179 Å². The number of ether oxygens (including phenoxy) is 3. The van der Waals surface area contributed by atoms with Crippen molar-refractivity contribution in [1.29, 1.82) is 0 Å². The number of esters is 3. The van der Waals surface area contributed by atoms with E-state index in [0.717, 1.165) is 173 Å². The Morgan fingerprint density at radius 2 is 0.494 bits per heavy atom.